The Bertz CT molecular complexity index is 516. The number of halogens is 3. The van der Waals surface area contributed by atoms with E-state index in [1.807, 2.05) is 24.3 Å². The molecule has 0 aliphatic rings. The largest absolute Gasteiger partial charge is 0.439 e. The minimum atomic E-state index is 0.331. The standard InChI is InChI=1S/C12H8BrCl2NO/c13-9-1-3-10(4-2-9)17-12-5-8(6-14)11(15)7-16-12/h1-5,7H,6H2. The third kappa shape index (κ3) is 3.35. The van der Waals surface area contributed by atoms with E-state index < -0.39 is 0 Å². The lowest BCUT2D eigenvalue weighted by atomic mass is 10.3. The monoisotopic (exact) mass is 331 g/mol. The lowest BCUT2D eigenvalue weighted by Crippen LogP contribution is -1.90. The molecule has 0 unspecified atom stereocenters. The average molecular weight is 333 g/mol. The number of nitrogens with zero attached hydrogens (tertiary/aromatic N) is 1. The topological polar surface area (TPSA) is 22.1 Å². The summed E-state index contributed by atoms with van der Waals surface area (Å²) in [4.78, 5) is 4.08. The van der Waals surface area contributed by atoms with Gasteiger partial charge in [0.15, 0.2) is 0 Å². The van der Waals surface area contributed by atoms with Crippen molar-refractivity contribution in [3.8, 4) is 11.6 Å². The highest BCUT2D eigenvalue weighted by Crippen LogP contribution is 2.25. The first-order valence-electron chi connectivity index (χ1n) is 4.83. The van der Waals surface area contributed by atoms with Crippen LogP contribution in [-0.2, 0) is 5.88 Å². The number of benzene rings is 1. The lowest BCUT2D eigenvalue weighted by molar-refractivity contribution is 0.462. The SMILES string of the molecule is ClCc1cc(Oc2ccc(Br)cc2)ncc1Cl. The van der Waals surface area contributed by atoms with Gasteiger partial charge in [-0.25, -0.2) is 4.98 Å². The molecule has 0 bridgehead atoms. The molecular formula is C12H8BrCl2NO. The summed E-state index contributed by atoms with van der Waals surface area (Å²) in [5.41, 5.74) is 0.801. The van der Waals surface area contributed by atoms with Crippen LogP contribution < -0.4 is 4.74 Å². The van der Waals surface area contributed by atoms with Crippen LogP contribution in [0.25, 0.3) is 0 Å². The fraction of sp³-hybridized carbons (Fsp3) is 0.0833. The molecule has 17 heavy (non-hydrogen) atoms. The predicted octanol–water partition coefficient (Wildman–Crippen LogP) is 5.03. The van der Waals surface area contributed by atoms with Crippen molar-refractivity contribution in [3.63, 3.8) is 0 Å². The van der Waals surface area contributed by atoms with Gasteiger partial charge in [0, 0.05) is 22.6 Å². The van der Waals surface area contributed by atoms with E-state index in [1.54, 1.807) is 6.07 Å². The van der Waals surface area contributed by atoms with Gasteiger partial charge >= 0.3 is 0 Å². The molecule has 0 aliphatic carbocycles. The Morgan fingerprint density at radius 1 is 1.24 bits per heavy atom. The van der Waals surface area contributed by atoms with Crippen molar-refractivity contribution >= 4 is 39.1 Å². The smallest absolute Gasteiger partial charge is 0.219 e. The fourth-order valence-corrected chi connectivity index (χ4v) is 1.96. The van der Waals surface area contributed by atoms with E-state index in [2.05, 4.69) is 20.9 Å². The normalized spacial score (nSPS) is 10.3. The van der Waals surface area contributed by atoms with Crippen LogP contribution in [-0.4, -0.2) is 4.98 Å². The van der Waals surface area contributed by atoms with Gasteiger partial charge in [-0.05, 0) is 29.8 Å². The quantitative estimate of drug-likeness (QED) is 0.735. The van der Waals surface area contributed by atoms with Crippen molar-refractivity contribution in [2.24, 2.45) is 0 Å². The number of ether oxygens (including phenoxy) is 1. The maximum Gasteiger partial charge on any atom is 0.219 e. The Morgan fingerprint density at radius 2 is 1.94 bits per heavy atom. The summed E-state index contributed by atoms with van der Waals surface area (Å²) in [6.07, 6.45) is 1.54. The molecule has 0 N–H and O–H groups in total. The molecule has 0 spiro atoms. The molecule has 0 radical (unpaired) electrons. The van der Waals surface area contributed by atoms with Crippen molar-refractivity contribution in [1.82, 2.24) is 4.98 Å². The first kappa shape index (κ1) is 12.7. The highest BCUT2D eigenvalue weighted by atomic mass is 79.9. The van der Waals surface area contributed by atoms with E-state index in [0.717, 1.165) is 10.0 Å². The Balaban J connectivity index is 2.21. The summed E-state index contributed by atoms with van der Waals surface area (Å²) < 4.78 is 6.58. The summed E-state index contributed by atoms with van der Waals surface area (Å²) in [6, 6.07) is 9.22. The summed E-state index contributed by atoms with van der Waals surface area (Å²) >= 11 is 15.0. The molecule has 0 amide bonds. The van der Waals surface area contributed by atoms with E-state index >= 15 is 0 Å². The summed E-state index contributed by atoms with van der Waals surface area (Å²) in [6.45, 7) is 0. The predicted molar refractivity (Wildman–Crippen MR) is 73.0 cm³/mol. The molecular weight excluding hydrogens is 325 g/mol. The Labute approximate surface area is 118 Å². The number of aromatic nitrogens is 1. The minimum absolute atomic E-state index is 0.331. The molecule has 1 aromatic carbocycles. The molecule has 2 nitrogen and oxygen atoms in total. The molecule has 2 rings (SSSR count). The summed E-state index contributed by atoms with van der Waals surface area (Å²) in [5, 5.41) is 0.545. The number of hydrogen-bond donors (Lipinski definition) is 0. The first-order valence-corrected chi connectivity index (χ1v) is 6.53. The van der Waals surface area contributed by atoms with E-state index in [0.29, 0.717) is 22.5 Å². The third-order valence-electron chi connectivity index (χ3n) is 2.09. The number of alkyl halides is 1. The lowest BCUT2D eigenvalue weighted by Gasteiger charge is -2.06. The Morgan fingerprint density at radius 3 is 2.59 bits per heavy atom. The number of pyridine rings is 1. The zero-order valence-corrected chi connectivity index (χ0v) is 11.8. The maximum atomic E-state index is 5.91. The fourth-order valence-electron chi connectivity index (χ4n) is 1.24. The third-order valence-corrected chi connectivity index (χ3v) is 3.25. The van der Waals surface area contributed by atoms with Gasteiger partial charge in [-0.15, -0.1) is 11.6 Å². The van der Waals surface area contributed by atoms with Gasteiger partial charge in [0.05, 0.1) is 5.02 Å². The van der Waals surface area contributed by atoms with E-state index in [4.69, 9.17) is 27.9 Å². The molecule has 5 heteroatoms. The molecule has 1 heterocycles. The van der Waals surface area contributed by atoms with Crippen LogP contribution in [0.1, 0.15) is 5.56 Å². The van der Waals surface area contributed by atoms with Crippen molar-refractivity contribution in [3.05, 3.63) is 51.6 Å². The van der Waals surface area contributed by atoms with Crippen LogP contribution >= 0.6 is 39.1 Å². The van der Waals surface area contributed by atoms with Gasteiger partial charge in [0.2, 0.25) is 5.88 Å². The molecule has 0 fully saturated rings. The van der Waals surface area contributed by atoms with E-state index in [9.17, 15) is 0 Å². The Kier molecular flexibility index (Phi) is 4.26. The van der Waals surface area contributed by atoms with Gasteiger partial charge in [0.25, 0.3) is 0 Å². The highest BCUT2D eigenvalue weighted by molar-refractivity contribution is 9.10. The van der Waals surface area contributed by atoms with Gasteiger partial charge in [0.1, 0.15) is 5.75 Å². The highest BCUT2D eigenvalue weighted by Gasteiger charge is 2.04. The van der Waals surface area contributed by atoms with Crippen LogP contribution in [0.5, 0.6) is 11.6 Å². The van der Waals surface area contributed by atoms with Crippen molar-refractivity contribution < 1.29 is 4.74 Å². The molecule has 0 aliphatic heterocycles. The minimum Gasteiger partial charge on any atom is -0.439 e. The second-order valence-corrected chi connectivity index (χ2v) is 4.89. The number of hydrogen-bond acceptors (Lipinski definition) is 2. The molecule has 0 saturated heterocycles. The van der Waals surface area contributed by atoms with Gasteiger partial charge in [-0.3, -0.25) is 0 Å². The summed E-state index contributed by atoms with van der Waals surface area (Å²) in [5.74, 6) is 1.52. The van der Waals surface area contributed by atoms with Gasteiger partial charge < -0.3 is 4.74 Å². The molecule has 0 atom stereocenters. The van der Waals surface area contributed by atoms with Crippen LogP contribution in [0.2, 0.25) is 5.02 Å². The summed E-state index contributed by atoms with van der Waals surface area (Å²) in [7, 11) is 0. The van der Waals surface area contributed by atoms with Crippen LogP contribution in [0.15, 0.2) is 41.0 Å². The molecule has 2 aromatic rings. The zero-order valence-electron chi connectivity index (χ0n) is 8.66. The molecule has 88 valence electrons. The van der Waals surface area contributed by atoms with Crippen LogP contribution in [0.3, 0.4) is 0 Å². The van der Waals surface area contributed by atoms with Gasteiger partial charge in [-0.2, -0.15) is 0 Å². The van der Waals surface area contributed by atoms with Crippen LogP contribution in [0, 0.1) is 0 Å². The van der Waals surface area contributed by atoms with Crippen molar-refractivity contribution in [2.75, 3.05) is 0 Å². The zero-order chi connectivity index (χ0) is 12.3. The second kappa shape index (κ2) is 5.71. The van der Waals surface area contributed by atoms with E-state index in [-0.39, 0.29) is 0 Å². The van der Waals surface area contributed by atoms with E-state index in [1.165, 1.54) is 6.20 Å². The Hall–Kier alpha value is -0.770. The van der Waals surface area contributed by atoms with Gasteiger partial charge in [-0.1, -0.05) is 27.5 Å². The van der Waals surface area contributed by atoms with Crippen LogP contribution in [0.4, 0.5) is 0 Å². The number of rotatable bonds is 3. The molecule has 0 saturated carbocycles. The first-order chi connectivity index (χ1) is 8.19. The average Bonchev–Trinajstić information content (AvgIpc) is 2.34. The van der Waals surface area contributed by atoms with Crippen molar-refractivity contribution in [2.45, 2.75) is 5.88 Å². The molecule has 1 aromatic heterocycles. The second-order valence-electron chi connectivity index (χ2n) is 3.30. The maximum absolute atomic E-state index is 5.91. The van der Waals surface area contributed by atoms with Crippen molar-refractivity contribution in [1.29, 1.82) is 0 Å².